The van der Waals surface area contributed by atoms with Crippen LogP contribution in [0.4, 0.5) is 0 Å². The summed E-state index contributed by atoms with van der Waals surface area (Å²) in [6.07, 6.45) is 8.19. The summed E-state index contributed by atoms with van der Waals surface area (Å²) in [7, 11) is 0. The molecule has 1 aromatic heterocycles. The minimum Gasteiger partial charge on any atom is -0.341 e. The summed E-state index contributed by atoms with van der Waals surface area (Å²) >= 11 is 0. The van der Waals surface area contributed by atoms with Crippen LogP contribution in [0.25, 0.3) is 10.9 Å². The molecule has 1 saturated heterocycles. The second kappa shape index (κ2) is 6.42. The second-order valence-corrected chi connectivity index (χ2v) is 7.26. The van der Waals surface area contributed by atoms with E-state index >= 15 is 0 Å². The van der Waals surface area contributed by atoms with Crippen molar-refractivity contribution in [3.63, 3.8) is 0 Å². The van der Waals surface area contributed by atoms with Gasteiger partial charge in [0.05, 0.1) is 5.52 Å². The van der Waals surface area contributed by atoms with Crippen molar-refractivity contribution in [1.29, 1.82) is 0 Å². The van der Waals surface area contributed by atoms with Crippen molar-refractivity contribution in [2.45, 2.75) is 38.6 Å². The van der Waals surface area contributed by atoms with Crippen molar-refractivity contribution in [2.75, 3.05) is 13.1 Å². The number of piperidine rings is 1. The average Bonchev–Trinajstić information content (AvgIpc) is 2.64. The Hall–Kier alpha value is -2.10. The van der Waals surface area contributed by atoms with Crippen molar-refractivity contribution in [3.05, 3.63) is 46.8 Å². The van der Waals surface area contributed by atoms with Gasteiger partial charge in [-0.3, -0.25) is 9.59 Å². The van der Waals surface area contributed by atoms with Crippen molar-refractivity contribution in [2.24, 2.45) is 11.8 Å². The third-order valence-corrected chi connectivity index (χ3v) is 5.83. The van der Waals surface area contributed by atoms with Gasteiger partial charge < -0.3 is 9.47 Å². The van der Waals surface area contributed by atoms with Gasteiger partial charge in [0.1, 0.15) is 6.54 Å². The van der Waals surface area contributed by atoms with E-state index in [0.717, 1.165) is 30.9 Å². The van der Waals surface area contributed by atoms with Crippen LogP contribution in [0, 0.1) is 11.8 Å². The largest absolute Gasteiger partial charge is 0.341 e. The van der Waals surface area contributed by atoms with Crippen molar-refractivity contribution in [1.82, 2.24) is 9.47 Å². The maximum atomic E-state index is 12.8. The number of benzene rings is 1. The molecule has 2 atom stereocenters. The monoisotopic (exact) mass is 324 g/mol. The van der Waals surface area contributed by atoms with Gasteiger partial charge >= 0.3 is 0 Å². The van der Waals surface area contributed by atoms with Crippen LogP contribution in [0.15, 0.2) is 41.3 Å². The van der Waals surface area contributed by atoms with Crippen molar-refractivity contribution in [3.8, 4) is 0 Å². The summed E-state index contributed by atoms with van der Waals surface area (Å²) in [6, 6.07) is 9.08. The maximum Gasteiger partial charge on any atom is 0.242 e. The molecule has 1 saturated carbocycles. The lowest BCUT2D eigenvalue weighted by Gasteiger charge is -2.41. The van der Waals surface area contributed by atoms with Gasteiger partial charge in [-0.15, -0.1) is 0 Å². The summed E-state index contributed by atoms with van der Waals surface area (Å²) in [4.78, 5) is 26.8. The molecule has 4 rings (SSSR count). The van der Waals surface area contributed by atoms with Gasteiger partial charge in [-0.05, 0) is 36.8 Å². The number of rotatable bonds is 2. The summed E-state index contributed by atoms with van der Waals surface area (Å²) < 4.78 is 1.91. The molecule has 126 valence electrons. The standard InChI is InChI=1S/C20H24N2O2/c23-19-10-12-21(18-8-4-3-7-17(18)19)14-20(24)22-11-9-15-5-1-2-6-16(15)13-22/h3-4,7-8,10,12,15-16H,1-2,5-6,9,11,13-14H2/t15-,16-/m1/s1. The highest BCUT2D eigenvalue weighted by Gasteiger charge is 2.32. The zero-order valence-corrected chi connectivity index (χ0v) is 14.0. The highest BCUT2D eigenvalue weighted by molar-refractivity contribution is 5.82. The minimum atomic E-state index is 0.0114. The number of likely N-dealkylation sites (tertiary alicyclic amines) is 1. The molecule has 4 heteroatoms. The van der Waals surface area contributed by atoms with Gasteiger partial charge in [-0.2, -0.15) is 0 Å². The molecule has 4 nitrogen and oxygen atoms in total. The van der Waals surface area contributed by atoms with Gasteiger partial charge in [0, 0.05) is 30.7 Å². The second-order valence-electron chi connectivity index (χ2n) is 7.26. The van der Waals surface area contributed by atoms with Gasteiger partial charge in [-0.25, -0.2) is 0 Å². The Kier molecular flexibility index (Phi) is 4.13. The summed E-state index contributed by atoms with van der Waals surface area (Å²) in [5, 5.41) is 0.679. The number of nitrogens with zero attached hydrogens (tertiary/aromatic N) is 2. The normalized spacial score (nSPS) is 23.9. The quantitative estimate of drug-likeness (QED) is 0.852. The van der Waals surface area contributed by atoms with E-state index in [4.69, 9.17) is 0 Å². The Balaban J connectivity index is 1.52. The average molecular weight is 324 g/mol. The lowest BCUT2D eigenvalue weighted by Crippen LogP contribution is -2.45. The van der Waals surface area contributed by atoms with Gasteiger partial charge in [0.25, 0.3) is 0 Å². The molecule has 0 unspecified atom stereocenters. The first-order valence-electron chi connectivity index (χ1n) is 9.08. The molecular formula is C20H24N2O2. The predicted molar refractivity (Wildman–Crippen MR) is 94.9 cm³/mol. The zero-order chi connectivity index (χ0) is 16.5. The molecule has 1 amide bonds. The number of hydrogen-bond donors (Lipinski definition) is 0. The van der Waals surface area contributed by atoms with Crippen LogP contribution in [-0.4, -0.2) is 28.5 Å². The molecule has 0 N–H and O–H groups in total. The molecule has 1 aliphatic heterocycles. The first kappa shape index (κ1) is 15.4. The van der Waals surface area contributed by atoms with E-state index in [0.29, 0.717) is 17.8 Å². The lowest BCUT2D eigenvalue weighted by molar-refractivity contribution is -0.134. The smallest absolute Gasteiger partial charge is 0.242 e. The third kappa shape index (κ3) is 2.85. The molecule has 1 aromatic carbocycles. The van der Waals surface area contributed by atoms with E-state index in [1.165, 1.54) is 25.7 Å². The van der Waals surface area contributed by atoms with Crippen LogP contribution in [-0.2, 0) is 11.3 Å². The number of para-hydroxylation sites is 1. The van der Waals surface area contributed by atoms with E-state index in [1.54, 1.807) is 12.3 Å². The van der Waals surface area contributed by atoms with Crippen LogP contribution in [0.3, 0.4) is 0 Å². The fourth-order valence-electron chi connectivity index (χ4n) is 4.47. The molecule has 0 radical (unpaired) electrons. The van der Waals surface area contributed by atoms with E-state index < -0.39 is 0 Å². The van der Waals surface area contributed by atoms with Crippen LogP contribution < -0.4 is 5.43 Å². The molecular weight excluding hydrogens is 300 g/mol. The van der Waals surface area contributed by atoms with Crippen molar-refractivity contribution < 1.29 is 4.79 Å². The first-order chi connectivity index (χ1) is 11.7. The van der Waals surface area contributed by atoms with Crippen LogP contribution in [0.2, 0.25) is 0 Å². The Bertz CT molecular complexity index is 811. The van der Waals surface area contributed by atoms with Gasteiger partial charge in [0.2, 0.25) is 5.91 Å². The van der Waals surface area contributed by atoms with E-state index in [9.17, 15) is 9.59 Å². The molecule has 2 aliphatic rings. The fourth-order valence-corrected chi connectivity index (χ4v) is 4.47. The summed E-state index contributed by atoms with van der Waals surface area (Å²) in [5.41, 5.74) is 0.850. The molecule has 2 heterocycles. The Morgan fingerprint density at radius 3 is 2.71 bits per heavy atom. The summed E-state index contributed by atoms with van der Waals surface area (Å²) in [6.45, 7) is 2.12. The molecule has 0 bridgehead atoms. The van der Waals surface area contributed by atoms with Gasteiger partial charge in [0.15, 0.2) is 5.43 Å². The Morgan fingerprint density at radius 1 is 1.04 bits per heavy atom. The fraction of sp³-hybridized carbons (Fsp3) is 0.500. The van der Waals surface area contributed by atoms with Crippen LogP contribution in [0.1, 0.15) is 32.1 Å². The highest BCUT2D eigenvalue weighted by Crippen LogP contribution is 2.36. The SMILES string of the molecule is O=C(Cn1ccc(=O)c2ccccc21)N1CC[C@H]2CCCC[C@@H]2C1. The topological polar surface area (TPSA) is 42.3 Å². The zero-order valence-electron chi connectivity index (χ0n) is 14.0. The predicted octanol–water partition coefficient (Wildman–Crippen LogP) is 3.04. The van der Waals surface area contributed by atoms with Crippen molar-refractivity contribution >= 4 is 16.8 Å². The van der Waals surface area contributed by atoms with Gasteiger partial charge in [-0.1, -0.05) is 31.4 Å². The van der Waals surface area contributed by atoms with E-state index in [1.807, 2.05) is 33.7 Å². The Morgan fingerprint density at radius 2 is 1.83 bits per heavy atom. The molecule has 2 fully saturated rings. The molecule has 0 spiro atoms. The number of hydrogen-bond acceptors (Lipinski definition) is 2. The number of pyridine rings is 1. The first-order valence-corrected chi connectivity index (χ1v) is 9.08. The molecule has 1 aliphatic carbocycles. The van der Waals surface area contributed by atoms with Crippen LogP contribution in [0.5, 0.6) is 0 Å². The number of fused-ring (bicyclic) bond motifs is 2. The van der Waals surface area contributed by atoms with Crippen LogP contribution >= 0.6 is 0 Å². The lowest BCUT2D eigenvalue weighted by atomic mass is 9.75. The Labute approximate surface area is 142 Å². The maximum absolute atomic E-state index is 12.8. The summed E-state index contributed by atoms with van der Waals surface area (Å²) in [5.74, 6) is 1.70. The third-order valence-electron chi connectivity index (χ3n) is 5.83. The number of carbonyl (C=O) groups excluding carboxylic acids is 1. The van der Waals surface area contributed by atoms with E-state index in [-0.39, 0.29) is 11.3 Å². The molecule has 24 heavy (non-hydrogen) atoms. The number of aromatic nitrogens is 1. The number of carbonyl (C=O) groups is 1. The number of amides is 1. The highest BCUT2D eigenvalue weighted by atomic mass is 16.2. The minimum absolute atomic E-state index is 0.0114. The van der Waals surface area contributed by atoms with E-state index in [2.05, 4.69) is 0 Å². The molecule has 2 aromatic rings.